The maximum Gasteiger partial charge on any atom is 0.405 e. The molecule has 11 heteroatoms. The Morgan fingerprint density at radius 1 is 1.08 bits per heavy atom. The molecule has 1 unspecified atom stereocenters. The zero-order valence-electron chi connectivity index (χ0n) is 20.7. The SMILES string of the molecule is COc1ccc(OC)c(C(CN2CCC(CNC(=O)c3cc(Cl)c(N)cc3OC)CC2)OC(N)=O)c1. The summed E-state index contributed by atoms with van der Waals surface area (Å²) in [5.74, 6) is 1.60. The summed E-state index contributed by atoms with van der Waals surface area (Å²) < 4.78 is 21.5. The molecular formula is C25H33ClN4O6. The summed E-state index contributed by atoms with van der Waals surface area (Å²) in [4.78, 5) is 26.6. The first-order valence-electron chi connectivity index (χ1n) is 11.6. The van der Waals surface area contributed by atoms with Gasteiger partial charge in [0, 0.05) is 24.7 Å². The number of primary amides is 1. The van der Waals surface area contributed by atoms with Crippen LogP contribution in [-0.2, 0) is 4.74 Å². The topological polar surface area (TPSA) is 138 Å². The molecule has 36 heavy (non-hydrogen) atoms. The van der Waals surface area contributed by atoms with Gasteiger partial charge >= 0.3 is 6.09 Å². The lowest BCUT2D eigenvalue weighted by atomic mass is 9.96. The number of methoxy groups -OCH3 is 3. The van der Waals surface area contributed by atoms with E-state index in [-0.39, 0.29) is 5.91 Å². The Hall–Kier alpha value is -3.37. The van der Waals surface area contributed by atoms with Gasteiger partial charge in [-0.25, -0.2) is 4.79 Å². The average molecular weight is 521 g/mol. The lowest BCUT2D eigenvalue weighted by molar-refractivity contribution is 0.0619. The monoisotopic (exact) mass is 520 g/mol. The average Bonchev–Trinajstić information content (AvgIpc) is 2.88. The second-order valence-corrected chi connectivity index (χ2v) is 8.97. The third kappa shape index (κ3) is 6.86. The number of likely N-dealkylation sites (tertiary alicyclic amines) is 1. The van der Waals surface area contributed by atoms with E-state index < -0.39 is 12.2 Å². The van der Waals surface area contributed by atoms with Crippen molar-refractivity contribution in [2.24, 2.45) is 11.7 Å². The predicted octanol–water partition coefficient (Wildman–Crippen LogP) is 3.23. The van der Waals surface area contributed by atoms with Crippen molar-refractivity contribution in [1.82, 2.24) is 10.2 Å². The molecule has 0 spiro atoms. The minimum absolute atomic E-state index is 0.267. The summed E-state index contributed by atoms with van der Waals surface area (Å²) in [5, 5.41) is 3.27. The molecular weight excluding hydrogens is 488 g/mol. The standard InChI is InChI=1S/C25H33ClN4O6/c1-33-16-4-5-21(34-2)17(10-16)23(36-25(28)32)14-30-8-6-15(7-9-30)13-29-24(31)18-11-19(26)20(27)12-22(18)35-3/h4-5,10-12,15,23H,6-9,13-14,27H2,1-3H3,(H2,28,32)(H,29,31). The minimum Gasteiger partial charge on any atom is -0.497 e. The maximum atomic E-state index is 12.7. The lowest BCUT2D eigenvalue weighted by Gasteiger charge is -2.34. The molecule has 2 aromatic carbocycles. The van der Waals surface area contributed by atoms with Crippen LogP contribution in [0.3, 0.4) is 0 Å². The van der Waals surface area contributed by atoms with Gasteiger partial charge < -0.3 is 35.7 Å². The van der Waals surface area contributed by atoms with Gasteiger partial charge in [-0.3, -0.25) is 9.69 Å². The number of hydrogen-bond donors (Lipinski definition) is 3. The summed E-state index contributed by atoms with van der Waals surface area (Å²) in [5.41, 5.74) is 12.5. The molecule has 0 saturated carbocycles. The van der Waals surface area contributed by atoms with Gasteiger partial charge in [-0.15, -0.1) is 0 Å². The third-order valence-electron chi connectivity index (χ3n) is 6.29. The Morgan fingerprint density at radius 2 is 1.78 bits per heavy atom. The van der Waals surface area contributed by atoms with Gasteiger partial charge in [0.1, 0.15) is 23.4 Å². The predicted molar refractivity (Wildman–Crippen MR) is 137 cm³/mol. The number of nitrogens with two attached hydrogens (primary N) is 2. The molecule has 0 radical (unpaired) electrons. The summed E-state index contributed by atoms with van der Waals surface area (Å²) in [6, 6.07) is 8.38. The molecule has 2 amide bonds. The van der Waals surface area contributed by atoms with E-state index in [4.69, 9.17) is 42.0 Å². The summed E-state index contributed by atoms with van der Waals surface area (Å²) >= 11 is 6.08. The summed E-state index contributed by atoms with van der Waals surface area (Å²) in [6.07, 6.45) is 0.240. The number of amides is 2. The summed E-state index contributed by atoms with van der Waals surface area (Å²) in [7, 11) is 4.60. The fourth-order valence-corrected chi connectivity index (χ4v) is 4.45. The molecule has 0 aliphatic carbocycles. The van der Waals surface area contributed by atoms with Gasteiger partial charge in [-0.2, -0.15) is 0 Å². The Balaban J connectivity index is 1.59. The number of piperidine rings is 1. The second kappa shape index (κ2) is 12.5. The van der Waals surface area contributed by atoms with E-state index >= 15 is 0 Å². The highest BCUT2D eigenvalue weighted by Crippen LogP contribution is 2.33. The van der Waals surface area contributed by atoms with Crippen LogP contribution in [0.5, 0.6) is 17.2 Å². The number of rotatable bonds is 10. The van der Waals surface area contributed by atoms with Gasteiger partial charge in [0.05, 0.1) is 37.6 Å². The van der Waals surface area contributed by atoms with Crippen molar-refractivity contribution in [2.45, 2.75) is 18.9 Å². The first-order chi connectivity index (χ1) is 17.2. The molecule has 1 heterocycles. The van der Waals surface area contributed by atoms with Crippen molar-refractivity contribution in [1.29, 1.82) is 0 Å². The number of nitrogen functional groups attached to an aromatic ring is 1. The zero-order chi connectivity index (χ0) is 26.2. The van der Waals surface area contributed by atoms with Crippen LogP contribution in [0.1, 0.15) is 34.9 Å². The molecule has 1 aliphatic heterocycles. The van der Waals surface area contributed by atoms with Crippen LogP contribution in [-0.4, -0.2) is 64.4 Å². The third-order valence-corrected chi connectivity index (χ3v) is 6.62. The van der Waals surface area contributed by atoms with E-state index in [0.717, 1.165) is 25.9 Å². The largest absolute Gasteiger partial charge is 0.497 e. The molecule has 0 bridgehead atoms. The van der Waals surface area contributed by atoms with E-state index in [2.05, 4.69) is 10.2 Å². The molecule has 1 aliphatic rings. The number of nitrogens with one attached hydrogen (secondary N) is 1. The molecule has 1 fully saturated rings. The highest BCUT2D eigenvalue weighted by Gasteiger charge is 2.27. The zero-order valence-corrected chi connectivity index (χ0v) is 21.5. The van der Waals surface area contributed by atoms with E-state index in [1.54, 1.807) is 32.4 Å². The molecule has 2 aromatic rings. The highest BCUT2D eigenvalue weighted by atomic mass is 35.5. The van der Waals surface area contributed by atoms with E-state index in [9.17, 15) is 9.59 Å². The van der Waals surface area contributed by atoms with Crippen molar-refractivity contribution in [2.75, 3.05) is 53.2 Å². The van der Waals surface area contributed by atoms with Crippen molar-refractivity contribution in [3.63, 3.8) is 0 Å². The quantitative estimate of drug-likeness (QED) is 0.406. The molecule has 0 aromatic heterocycles. The van der Waals surface area contributed by atoms with Gasteiger partial charge in [-0.1, -0.05) is 11.6 Å². The van der Waals surface area contributed by atoms with Gasteiger partial charge in [0.2, 0.25) is 0 Å². The normalized spacial score (nSPS) is 15.1. The van der Waals surface area contributed by atoms with Gasteiger partial charge in [0.25, 0.3) is 5.91 Å². The summed E-state index contributed by atoms with van der Waals surface area (Å²) in [6.45, 7) is 2.50. The number of anilines is 1. The fraction of sp³-hybridized carbons (Fsp3) is 0.440. The first kappa shape index (κ1) is 27.2. The molecule has 5 N–H and O–H groups in total. The van der Waals surface area contributed by atoms with Crippen molar-refractivity contribution >= 4 is 29.3 Å². The Bertz CT molecular complexity index is 1070. The van der Waals surface area contributed by atoms with Crippen molar-refractivity contribution in [3.05, 3.63) is 46.5 Å². The van der Waals surface area contributed by atoms with Crippen LogP contribution >= 0.6 is 11.6 Å². The Labute approximate surface area is 215 Å². The minimum atomic E-state index is -0.860. The number of halogens is 1. The number of ether oxygens (including phenoxy) is 4. The van der Waals surface area contributed by atoms with Crippen LogP contribution in [0, 0.1) is 5.92 Å². The van der Waals surface area contributed by atoms with Crippen molar-refractivity contribution < 1.29 is 28.5 Å². The van der Waals surface area contributed by atoms with Crippen LogP contribution in [0.2, 0.25) is 5.02 Å². The van der Waals surface area contributed by atoms with Crippen molar-refractivity contribution in [3.8, 4) is 17.2 Å². The fourth-order valence-electron chi connectivity index (χ4n) is 4.29. The Kier molecular flexibility index (Phi) is 9.49. The molecule has 10 nitrogen and oxygen atoms in total. The maximum absolute atomic E-state index is 12.7. The number of hydrogen-bond acceptors (Lipinski definition) is 8. The number of benzene rings is 2. The van der Waals surface area contributed by atoms with E-state index in [1.807, 2.05) is 0 Å². The molecule has 1 atom stereocenters. The Morgan fingerprint density at radius 3 is 2.39 bits per heavy atom. The number of nitrogens with zero attached hydrogens (tertiary/aromatic N) is 1. The van der Waals surface area contributed by atoms with Crippen LogP contribution < -0.4 is 31.0 Å². The van der Waals surface area contributed by atoms with Gasteiger partial charge in [-0.05, 0) is 56.1 Å². The van der Waals surface area contributed by atoms with Crippen LogP contribution in [0.15, 0.2) is 30.3 Å². The lowest BCUT2D eigenvalue weighted by Crippen LogP contribution is -2.41. The molecule has 1 saturated heterocycles. The first-order valence-corrected chi connectivity index (χ1v) is 11.9. The smallest absolute Gasteiger partial charge is 0.405 e. The van der Waals surface area contributed by atoms with E-state index in [0.29, 0.717) is 58.1 Å². The molecule has 3 rings (SSSR count). The van der Waals surface area contributed by atoms with Gasteiger partial charge in [0.15, 0.2) is 0 Å². The number of carbonyl (C=O) groups excluding carboxylic acids is 2. The van der Waals surface area contributed by atoms with Crippen LogP contribution in [0.4, 0.5) is 10.5 Å². The van der Waals surface area contributed by atoms with E-state index in [1.165, 1.54) is 19.2 Å². The number of carbonyl (C=O) groups is 2. The highest BCUT2D eigenvalue weighted by molar-refractivity contribution is 6.33. The second-order valence-electron chi connectivity index (χ2n) is 8.56. The van der Waals surface area contributed by atoms with Crippen LogP contribution in [0.25, 0.3) is 0 Å². The molecule has 196 valence electrons.